The van der Waals surface area contributed by atoms with Crippen LogP contribution in [0.4, 0.5) is 4.79 Å². The largest absolute Gasteiger partial charge is 0.480 e. The average Bonchev–Trinajstić information content (AvgIpc) is 2.82. The van der Waals surface area contributed by atoms with Gasteiger partial charge in [0.25, 0.3) is 0 Å². The number of alkyl carbamates (subject to hydrolysis) is 1. The van der Waals surface area contributed by atoms with Gasteiger partial charge in [-0.15, -0.1) is 0 Å². The van der Waals surface area contributed by atoms with E-state index in [1.807, 2.05) is 86.6 Å². The molecule has 3 aromatic carbocycles. The summed E-state index contributed by atoms with van der Waals surface area (Å²) in [5.74, 6) is -1.61. The van der Waals surface area contributed by atoms with Crippen LogP contribution in [-0.2, 0) is 27.4 Å². The third-order valence-corrected chi connectivity index (χ3v) is 5.45. The smallest absolute Gasteiger partial charge is 0.408 e. The number of fused-ring (bicyclic) bond motifs is 1. The summed E-state index contributed by atoms with van der Waals surface area (Å²) in [7, 11) is 0. The van der Waals surface area contributed by atoms with Crippen molar-refractivity contribution in [3.63, 3.8) is 0 Å². The number of nitrogens with one attached hydrogen (secondary N) is 2. The molecule has 0 aliphatic rings. The molecule has 2 amide bonds. The highest BCUT2D eigenvalue weighted by Gasteiger charge is 2.28. The number of hydrogen-bond acceptors (Lipinski definition) is 4. The van der Waals surface area contributed by atoms with E-state index in [0.717, 1.165) is 21.9 Å². The third-order valence-electron chi connectivity index (χ3n) is 5.45. The number of carboxylic acid groups (broad SMARTS) is 1. The Morgan fingerprint density at radius 3 is 2.24 bits per heavy atom. The number of hydrogen-bond donors (Lipinski definition) is 3. The molecule has 0 aliphatic heterocycles. The van der Waals surface area contributed by atoms with E-state index in [4.69, 9.17) is 4.74 Å². The Morgan fingerprint density at radius 2 is 1.53 bits per heavy atom. The van der Waals surface area contributed by atoms with Gasteiger partial charge in [-0.25, -0.2) is 9.59 Å². The Kier molecular flexibility index (Phi) is 8.62. The first-order valence-electron chi connectivity index (χ1n) is 11.3. The maximum atomic E-state index is 13.1. The van der Waals surface area contributed by atoms with Gasteiger partial charge in [0.2, 0.25) is 5.91 Å². The molecular weight excluding hydrogens is 432 g/mol. The molecule has 0 radical (unpaired) electrons. The van der Waals surface area contributed by atoms with Crippen LogP contribution in [-0.4, -0.2) is 35.2 Å². The van der Waals surface area contributed by atoms with Gasteiger partial charge in [0.15, 0.2) is 0 Å². The van der Waals surface area contributed by atoms with Crippen molar-refractivity contribution < 1.29 is 24.2 Å². The number of benzene rings is 3. The van der Waals surface area contributed by atoms with Crippen molar-refractivity contribution >= 4 is 28.7 Å². The first-order chi connectivity index (χ1) is 16.3. The predicted octanol–water partition coefficient (Wildman–Crippen LogP) is 4.29. The molecule has 2 atom stereocenters. The van der Waals surface area contributed by atoms with E-state index in [2.05, 4.69) is 10.6 Å². The van der Waals surface area contributed by atoms with Gasteiger partial charge in [-0.05, 0) is 34.2 Å². The molecule has 2 unspecified atom stereocenters. The van der Waals surface area contributed by atoms with E-state index >= 15 is 0 Å². The fourth-order valence-corrected chi connectivity index (χ4v) is 3.77. The van der Waals surface area contributed by atoms with Crippen LogP contribution in [0.2, 0.25) is 0 Å². The minimum Gasteiger partial charge on any atom is -0.480 e. The molecule has 0 bridgehead atoms. The Morgan fingerprint density at radius 1 is 0.853 bits per heavy atom. The van der Waals surface area contributed by atoms with Crippen LogP contribution in [0.1, 0.15) is 31.4 Å². The van der Waals surface area contributed by atoms with Crippen molar-refractivity contribution in [3.8, 4) is 0 Å². The fraction of sp³-hybridized carbons (Fsp3) is 0.296. The second-order valence-electron chi connectivity index (χ2n) is 8.63. The maximum Gasteiger partial charge on any atom is 0.408 e. The highest BCUT2D eigenvalue weighted by Crippen LogP contribution is 2.20. The van der Waals surface area contributed by atoms with Gasteiger partial charge in [-0.2, -0.15) is 0 Å². The standard InChI is InChI=1S/C27H30N2O5/c1-18(2)15-24(26(31)32)28-25(30)23(29-27(33)34-17-19-9-4-3-5-10-19)16-21-13-8-12-20-11-6-7-14-22(20)21/h3-14,18,23-24H,15-17H2,1-2H3,(H,28,30)(H,29,33)(H,31,32). The van der Waals surface area contributed by atoms with Gasteiger partial charge < -0.3 is 20.5 Å². The molecule has 3 N–H and O–H groups in total. The molecule has 0 heterocycles. The first-order valence-corrected chi connectivity index (χ1v) is 11.3. The monoisotopic (exact) mass is 462 g/mol. The lowest BCUT2D eigenvalue weighted by Crippen LogP contribution is -2.52. The molecule has 34 heavy (non-hydrogen) atoms. The number of rotatable bonds is 10. The van der Waals surface area contributed by atoms with E-state index in [1.54, 1.807) is 0 Å². The zero-order valence-electron chi connectivity index (χ0n) is 19.4. The van der Waals surface area contributed by atoms with E-state index in [9.17, 15) is 19.5 Å². The summed E-state index contributed by atoms with van der Waals surface area (Å²) in [6.45, 7) is 3.82. The van der Waals surface area contributed by atoms with Crippen LogP contribution in [0, 0.1) is 5.92 Å². The number of carbonyl (C=O) groups is 3. The lowest BCUT2D eigenvalue weighted by atomic mass is 9.97. The second kappa shape index (κ2) is 11.8. The Balaban J connectivity index is 1.79. The molecular formula is C27H30N2O5. The Bertz CT molecular complexity index is 1120. The maximum absolute atomic E-state index is 13.1. The number of ether oxygens (including phenoxy) is 1. The zero-order chi connectivity index (χ0) is 24.5. The normalized spacial score (nSPS) is 12.7. The van der Waals surface area contributed by atoms with E-state index in [0.29, 0.717) is 0 Å². The number of amides is 2. The van der Waals surface area contributed by atoms with E-state index < -0.39 is 30.1 Å². The van der Waals surface area contributed by atoms with E-state index in [-0.39, 0.29) is 25.4 Å². The molecule has 3 aromatic rings. The number of aliphatic carboxylic acids is 1. The summed E-state index contributed by atoms with van der Waals surface area (Å²) in [6.07, 6.45) is -0.290. The summed E-state index contributed by atoms with van der Waals surface area (Å²) in [6, 6.07) is 20.7. The van der Waals surface area contributed by atoms with Crippen LogP contribution in [0.5, 0.6) is 0 Å². The quantitative estimate of drug-likeness (QED) is 0.417. The zero-order valence-corrected chi connectivity index (χ0v) is 19.4. The third kappa shape index (κ3) is 7.07. The van der Waals surface area contributed by atoms with Gasteiger partial charge in [0.1, 0.15) is 18.7 Å². The predicted molar refractivity (Wildman–Crippen MR) is 130 cm³/mol. The fourth-order valence-electron chi connectivity index (χ4n) is 3.77. The van der Waals surface area contributed by atoms with Gasteiger partial charge in [0.05, 0.1) is 0 Å². The van der Waals surface area contributed by atoms with Crippen molar-refractivity contribution in [2.24, 2.45) is 5.92 Å². The topological polar surface area (TPSA) is 105 Å². The second-order valence-corrected chi connectivity index (χ2v) is 8.63. The SMILES string of the molecule is CC(C)CC(NC(=O)C(Cc1cccc2ccccc12)NC(=O)OCc1ccccc1)C(=O)O. The van der Waals surface area contributed by atoms with Crippen molar-refractivity contribution in [1.82, 2.24) is 10.6 Å². The Hall–Kier alpha value is -3.87. The van der Waals surface area contributed by atoms with Crippen molar-refractivity contribution in [3.05, 3.63) is 83.9 Å². The van der Waals surface area contributed by atoms with Crippen molar-refractivity contribution in [2.45, 2.75) is 45.4 Å². The van der Waals surface area contributed by atoms with Gasteiger partial charge in [-0.3, -0.25) is 4.79 Å². The molecule has 0 spiro atoms. The molecule has 0 saturated carbocycles. The minimum atomic E-state index is -1.11. The highest BCUT2D eigenvalue weighted by atomic mass is 16.5. The van der Waals surface area contributed by atoms with Gasteiger partial charge in [-0.1, -0.05) is 86.6 Å². The van der Waals surface area contributed by atoms with Crippen molar-refractivity contribution in [1.29, 1.82) is 0 Å². The summed E-state index contributed by atoms with van der Waals surface area (Å²) in [5.41, 5.74) is 1.67. The molecule has 7 nitrogen and oxygen atoms in total. The van der Waals surface area contributed by atoms with Gasteiger partial charge in [0, 0.05) is 6.42 Å². The highest BCUT2D eigenvalue weighted by molar-refractivity contribution is 5.91. The molecule has 3 rings (SSSR count). The Labute approximate surface area is 199 Å². The average molecular weight is 463 g/mol. The molecule has 178 valence electrons. The number of carbonyl (C=O) groups excluding carboxylic acids is 2. The van der Waals surface area contributed by atoms with Crippen LogP contribution in [0.25, 0.3) is 10.8 Å². The molecule has 0 aliphatic carbocycles. The van der Waals surface area contributed by atoms with Crippen LogP contribution in [0.3, 0.4) is 0 Å². The van der Waals surface area contributed by atoms with Crippen LogP contribution in [0.15, 0.2) is 72.8 Å². The first kappa shape index (κ1) is 24.8. The summed E-state index contributed by atoms with van der Waals surface area (Å²) >= 11 is 0. The summed E-state index contributed by atoms with van der Waals surface area (Å²) < 4.78 is 5.30. The number of carboxylic acids is 1. The summed E-state index contributed by atoms with van der Waals surface area (Å²) in [4.78, 5) is 37.4. The van der Waals surface area contributed by atoms with E-state index in [1.165, 1.54) is 0 Å². The molecule has 7 heteroatoms. The van der Waals surface area contributed by atoms with Gasteiger partial charge >= 0.3 is 12.1 Å². The lowest BCUT2D eigenvalue weighted by Gasteiger charge is -2.23. The van der Waals surface area contributed by atoms with Crippen LogP contribution >= 0.6 is 0 Å². The molecule has 0 aromatic heterocycles. The lowest BCUT2D eigenvalue weighted by molar-refractivity contribution is -0.142. The van der Waals surface area contributed by atoms with Crippen LogP contribution < -0.4 is 10.6 Å². The minimum absolute atomic E-state index is 0.0559. The molecule has 0 saturated heterocycles. The molecule has 0 fully saturated rings. The van der Waals surface area contributed by atoms with Crippen molar-refractivity contribution in [2.75, 3.05) is 0 Å². The summed E-state index contributed by atoms with van der Waals surface area (Å²) in [5, 5.41) is 16.7.